The molecule has 226 valence electrons. The molecule has 0 amide bonds. The Labute approximate surface area is 248 Å². The summed E-state index contributed by atoms with van der Waals surface area (Å²) in [6.07, 6.45) is 1.07. The van der Waals surface area contributed by atoms with Gasteiger partial charge < -0.3 is 26.6 Å². The second-order valence-electron chi connectivity index (χ2n) is 13.9. The summed E-state index contributed by atoms with van der Waals surface area (Å²) < 4.78 is 38.3. The summed E-state index contributed by atoms with van der Waals surface area (Å²) >= 11 is 0. The van der Waals surface area contributed by atoms with Crippen molar-refractivity contribution in [2.24, 2.45) is 0 Å². The minimum atomic E-state index is -3.06. The van der Waals surface area contributed by atoms with Gasteiger partial charge in [0.15, 0.2) is 25.0 Å². The highest BCUT2D eigenvalue weighted by molar-refractivity contribution is 6.90. The van der Waals surface area contributed by atoms with Gasteiger partial charge in [-0.2, -0.15) is 0 Å². The van der Waals surface area contributed by atoms with Crippen molar-refractivity contribution >= 4 is 33.8 Å². The molecule has 0 saturated carbocycles. The first-order chi connectivity index (χ1) is 18.3. The van der Waals surface area contributed by atoms with Crippen LogP contribution in [0.3, 0.4) is 0 Å². The molecule has 0 aliphatic carbocycles. The van der Waals surface area contributed by atoms with E-state index in [-0.39, 0.29) is 11.5 Å². The van der Waals surface area contributed by atoms with Gasteiger partial charge in [0, 0.05) is 5.41 Å². The Morgan fingerprint density at radius 2 is 1.05 bits per heavy atom. The summed E-state index contributed by atoms with van der Waals surface area (Å²) in [5.41, 5.74) is 2.31. The van der Waals surface area contributed by atoms with Crippen molar-refractivity contribution in [1.82, 2.24) is 0 Å². The van der Waals surface area contributed by atoms with Crippen LogP contribution in [0.1, 0.15) is 38.3 Å². The molecule has 0 fully saturated rings. The number of hydrogen-bond acceptors (Lipinski definition) is 6. The van der Waals surface area contributed by atoms with Crippen LogP contribution in [-0.2, 0) is 22.5 Å². The maximum Gasteiger partial charge on any atom is 0.496 e. The largest absolute Gasteiger partial charge is 0.497 e. The molecule has 0 aliphatic heterocycles. The van der Waals surface area contributed by atoms with Crippen molar-refractivity contribution in [2.45, 2.75) is 97.6 Å². The zero-order chi connectivity index (χ0) is 30.4. The maximum atomic E-state index is 6.76. The van der Waals surface area contributed by atoms with Crippen molar-refractivity contribution in [2.75, 3.05) is 19.9 Å². The molecule has 0 saturated heterocycles. The first-order valence-corrected chi connectivity index (χ1v) is 26.5. The lowest BCUT2D eigenvalue weighted by Crippen LogP contribution is -2.63. The van der Waals surface area contributed by atoms with E-state index in [0.717, 1.165) is 17.9 Å². The molecule has 0 radical (unpaired) electrons. The molecule has 1 unspecified atom stereocenters. The standard InChI is InChI=1S/C30H54O6Si4/c1-14-27(33-24-40(34-37(5,6)7,35-38(8,9)10)36-39(11,12)13)23-32-29-21-17-26(18-22-29)30(2,3)25-15-19-28(31-4)20-16-25/h15-22,27H,14,23-24H2,1-13H3. The molecule has 2 aromatic carbocycles. The van der Waals surface area contributed by atoms with E-state index in [9.17, 15) is 0 Å². The number of hydrogen-bond donors (Lipinski definition) is 0. The van der Waals surface area contributed by atoms with Crippen molar-refractivity contribution in [3.8, 4) is 11.5 Å². The minimum Gasteiger partial charge on any atom is -0.497 e. The van der Waals surface area contributed by atoms with E-state index in [4.69, 9.17) is 26.6 Å². The Balaban J connectivity index is 2.12. The molecular formula is C30H54O6Si4. The van der Waals surface area contributed by atoms with E-state index in [1.165, 1.54) is 11.1 Å². The third-order valence-electron chi connectivity index (χ3n) is 6.16. The van der Waals surface area contributed by atoms with Gasteiger partial charge in [-0.15, -0.1) is 0 Å². The fourth-order valence-electron chi connectivity index (χ4n) is 4.39. The van der Waals surface area contributed by atoms with Gasteiger partial charge in [0.2, 0.25) is 0 Å². The van der Waals surface area contributed by atoms with Gasteiger partial charge in [0.1, 0.15) is 24.3 Å². The smallest absolute Gasteiger partial charge is 0.496 e. The third kappa shape index (κ3) is 11.6. The van der Waals surface area contributed by atoms with Crippen molar-refractivity contribution in [1.29, 1.82) is 0 Å². The van der Waals surface area contributed by atoms with E-state index < -0.39 is 33.8 Å². The van der Waals surface area contributed by atoms with Crippen LogP contribution in [0.15, 0.2) is 48.5 Å². The van der Waals surface area contributed by atoms with Gasteiger partial charge in [-0.1, -0.05) is 45.0 Å². The van der Waals surface area contributed by atoms with Gasteiger partial charge in [-0.05, 0) is 101 Å². The van der Waals surface area contributed by atoms with Gasteiger partial charge in [0.25, 0.3) is 0 Å². The SMILES string of the molecule is CCC(COc1ccc(C(C)(C)c2ccc(OC)cc2)cc1)OC[Si](O[Si](C)(C)C)(O[Si](C)(C)C)O[Si](C)(C)C. The minimum absolute atomic E-state index is 0.0944. The van der Waals surface area contributed by atoms with Gasteiger partial charge >= 0.3 is 8.80 Å². The van der Waals surface area contributed by atoms with Crippen LogP contribution < -0.4 is 9.47 Å². The molecule has 1 atom stereocenters. The fraction of sp³-hybridized carbons (Fsp3) is 0.600. The molecule has 6 nitrogen and oxygen atoms in total. The average molecular weight is 623 g/mol. The van der Waals surface area contributed by atoms with E-state index in [0.29, 0.717) is 12.8 Å². The van der Waals surface area contributed by atoms with Crippen molar-refractivity contribution in [3.05, 3.63) is 59.7 Å². The summed E-state index contributed by atoms with van der Waals surface area (Å²) in [5.74, 6) is 1.69. The maximum absolute atomic E-state index is 6.76. The molecule has 40 heavy (non-hydrogen) atoms. The van der Waals surface area contributed by atoms with Crippen molar-refractivity contribution in [3.63, 3.8) is 0 Å². The first kappa shape index (κ1) is 34.9. The fourth-order valence-corrected chi connectivity index (χ4v) is 18.4. The van der Waals surface area contributed by atoms with Gasteiger partial charge in [-0.25, -0.2) is 0 Å². The van der Waals surface area contributed by atoms with Crippen LogP contribution in [0.25, 0.3) is 0 Å². The number of benzene rings is 2. The normalized spacial score (nSPS) is 14.2. The van der Waals surface area contributed by atoms with Crippen LogP contribution in [0.5, 0.6) is 11.5 Å². The zero-order valence-electron chi connectivity index (χ0n) is 27.3. The highest BCUT2D eigenvalue weighted by Gasteiger charge is 2.51. The molecule has 0 bridgehead atoms. The summed E-state index contributed by atoms with van der Waals surface area (Å²) in [6, 6.07) is 16.6. The molecule has 2 aromatic rings. The van der Waals surface area contributed by atoms with E-state index >= 15 is 0 Å². The predicted octanol–water partition coefficient (Wildman–Crippen LogP) is 8.23. The molecular weight excluding hydrogens is 569 g/mol. The highest BCUT2D eigenvalue weighted by Crippen LogP contribution is 2.33. The lowest BCUT2D eigenvalue weighted by Gasteiger charge is -2.42. The lowest BCUT2D eigenvalue weighted by atomic mass is 9.78. The number of methoxy groups -OCH3 is 1. The second-order valence-corrected chi connectivity index (χ2v) is 30.6. The summed E-state index contributed by atoms with van der Waals surface area (Å²) in [6.45, 7) is 26.8. The predicted molar refractivity (Wildman–Crippen MR) is 176 cm³/mol. The third-order valence-corrected chi connectivity index (χ3v) is 17.8. The second kappa shape index (κ2) is 13.8. The van der Waals surface area contributed by atoms with Gasteiger partial charge in [-0.3, -0.25) is 0 Å². The van der Waals surface area contributed by atoms with Crippen LogP contribution in [-0.4, -0.2) is 59.8 Å². The monoisotopic (exact) mass is 622 g/mol. The number of rotatable bonds is 16. The van der Waals surface area contributed by atoms with Crippen LogP contribution in [0, 0.1) is 0 Å². The first-order valence-electron chi connectivity index (χ1n) is 14.4. The summed E-state index contributed by atoms with van der Waals surface area (Å²) in [5, 5.41) is 0. The molecule has 0 aromatic heterocycles. The van der Waals surface area contributed by atoms with Crippen LogP contribution in [0.2, 0.25) is 58.9 Å². The average Bonchev–Trinajstić information content (AvgIpc) is 2.81. The molecule has 10 heteroatoms. The number of ether oxygens (including phenoxy) is 3. The highest BCUT2D eigenvalue weighted by atomic mass is 28.5. The van der Waals surface area contributed by atoms with E-state index in [1.807, 2.05) is 24.3 Å². The summed E-state index contributed by atoms with van der Waals surface area (Å²) in [4.78, 5) is 0. The Bertz CT molecular complexity index is 998. The summed E-state index contributed by atoms with van der Waals surface area (Å²) in [7, 11) is -7.24. The van der Waals surface area contributed by atoms with Crippen molar-refractivity contribution < 1.29 is 26.6 Å². The van der Waals surface area contributed by atoms with Crippen LogP contribution in [0.4, 0.5) is 0 Å². The van der Waals surface area contributed by atoms with E-state index in [1.54, 1.807) is 7.11 Å². The quantitative estimate of drug-likeness (QED) is 0.176. The molecule has 0 heterocycles. The molecule has 2 rings (SSSR count). The topological polar surface area (TPSA) is 55.4 Å². The van der Waals surface area contributed by atoms with E-state index in [2.05, 4.69) is 104 Å². The van der Waals surface area contributed by atoms with Crippen LogP contribution >= 0.6 is 0 Å². The Hall–Kier alpha value is -1.25. The Morgan fingerprint density at radius 3 is 1.40 bits per heavy atom. The van der Waals surface area contributed by atoms with Gasteiger partial charge in [0.05, 0.1) is 13.2 Å². The lowest BCUT2D eigenvalue weighted by molar-refractivity contribution is 0.0209. The Kier molecular flexibility index (Phi) is 12.1. The molecule has 0 spiro atoms. The molecule has 0 aliphatic rings. The Morgan fingerprint density at radius 1 is 0.650 bits per heavy atom. The zero-order valence-corrected chi connectivity index (χ0v) is 31.3. The molecule has 0 N–H and O–H groups in total.